The number of hydrogen-bond acceptors (Lipinski definition) is 4. The molecule has 1 N–H and O–H groups in total. The maximum Gasteiger partial charge on any atom is 0.251 e. The van der Waals surface area contributed by atoms with Gasteiger partial charge >= 0.3 is 0 Å². The van der Waals surface area contributed by atoms with Gasteiger partial charge in [-0.15, -0.1) is 0 Å². The summed E-state index contributed by atoms with van der Waals surface area (Å²) < 4.78 is 16.0. The molecule has 0 aromatic heterocycles. The SMILES string of the molecule is COc1ccc(C(=O)NCCCCOc2ccc(Cl)cc2)cc1OC. The van der Waals surface area contributed by atoms with Gasteiger partial charge in [-0.05, 0) is 55.3 Å². The third kappa shape index (κ3) is 5.87. The molecule has 0 bridgehead atoms. The van der Waals surface area contributed by atoms with Gasteiger partial charge in [-0.3, -0.25) is 4.79 Å². The summed E-state index contributed by atoms with van der Waals surface area (Å²) in [7, 11) is 3.10. The minimum absolute atomic E-state index is 0.139. The van der Waals surface area contributed by atoms with Crippen LogP contribution in [0, 0.1) is 0 Å². The average Bonchev–Trinajstić information content (AvgIpc) is 2.65. The maximum atomic E-state index is 12.1. The second kappa shape index (κ2) is 9.79. The number of rotatable bonds is 9. The number of benzene rings is 2. The fourth-order valence-corrected chi connectivity index (χ4v) is 2.36. The van der Waals surface area contributed by atoms with E-state index in [1.807, 2.05) is 12.1 Å². The van der Waals surface area contributed by atoms with Crippen molar-refractivity contribution in [3.63, 3.8) is 0 Å². The molecule has 1 amide bonds. The third-order valence-corrected chi connectivity index (χ3v) is 3.84. The van der Waals surface area contributed by atoms with Crippen LogP contribution in [0.15, 0.2) is 42.5 Å². The van der Waals surface area contributed by atoms with E-state index in [2.05, 4.69) is 5.32 Å². The number of hydrogen-bond donors (Lipinski definition) is 1. The van der Waals surface area contributed by atoms with E-state index in [0.717, 1.165) is 18.6 Å². The van der Waals surface area contributed by atoms with Gasteiger partial charge in [0.2, 0.25) is 0 Å². The highest BCUT2D eigenvalue weighted by molar-refractivity contribution is 6.30. The van der Waals surface area contributed by atoms with Gasteiger partial charge in [0.05, 0.1) is 20.8 Å². The van der Waals surface area contributed by atoms with Gasteiger partial charge in [-0.1, -0.05) is 11.6 Å². The van der Waals surface area contributed by atoms with Crippen LogP contribution in [0.4, 0.5) is 0 Å². The van der Waals surface area contributed by atoms with Crippen molar-refractivity contribution >= 4 is 17.5 Å². The predicted molar refractivity (Wildman–Crippen MR) is 98.1 cm³/mol. The Morgan fingerprint density at radius 1 is 1.00 bits per heavy atom. The summed E-state index contributed by atoms with van der Waals surface area (Å²) in [6.45, 7) is 1.17. The molecule has 0 saturated carbocycles. The zero-order valence-corrected chi connectivity index (χ0v) is 15.1. The first kappa shape index (κ1) is 18.9. The van der Waals surface area contributed by atoms with Crippen molar-refractivity contribution in [1.82, 2.24) is 5.32 Å². The molecule has 2 rings (SSSR count). The van der Waals surface area contributed by atoms with Crippen molar-refractivity contribution in [1.29, 1.82) is 0 Å². The lowest BCUT2D eigenvalue weighted by Crippen LogP contribution is -2.24. The van der Waals surface area contributed by atoms with Gasteiger partial charge in [-0.25, -0.2) is 0 Å². The Morgan fingerprint density at radius 2 is 1.72 bits per heavy atom. The summed E-state index contributed by atoms with van der Waals surface area (Å²) in [4.78, 5) is 12.1. The van der Waals surface area contributed by atoms with Crippen molar-refractivity contribution in [2.24, 2.45) is 0 Å². The normalized spacial score (nSPS) is 10.2. The molecule has 0 aliphatic rings. The topological polar surface area (TPSA) is 56.8 Å². The number of amides is 1. The molecule has 5 nitrogen and oxygen atoms in total. The van der Waals surface area contributed by atoms with E-state index in [1.165, 1.54) is 0 Å². The first-order valence-electron chi connectivity index (χ1n) is 8.02. The Kier molecular flexibility index (Phi) is 7.41. The first-order valence-corrected chi connectivity index (χ1v) is 8.40. The fourth-order valence-electron chi connectivity index (χ4n) is 2.23. The Hall–Kier alpha value is -2.40. The Morgan fingerprint density at radius 3 is 2.40 bits per heavy atom. The summed E-state index contributed by atoms with van der Waals surface area (Å²) in [6.07, 6.45) is 1.67. The van der Waals surface area contributed by atoms with E-state index >= 15 is 0 Å². The van der Waals surface area contributed by atoms with Gasteiger partial charge in [0.1, 0.15) is 5.75 Å². The summed E-state index contributed by atoms with van der Waals surface area (Å²) in [6, 6.07) is 12.3. The van der Waals surface area contributed by atoms with Crippen LogP contribution in [0.3, 0.4) is 0 Å². The van der Waals surface area contributed by atoms with E-state index in [-0.39, 0.29) is 5.91 Å². The number of carbonyl (C=O) groups excluding carboxylic acids is 1. The van der Waals surface area contributed by atoms with Crippen molar-refractivity contribution in [2.45, 2.75) is 12.8 Å². The Bertz CT molecular complexity index is 688. The summed E-state index contributed by atoms with van der Waals surface area (Å²) >= 11 is 5.82. The highest BCUT2D eigenvalue weighted by atomic mass is 35.5. The molecule has 0 unspecified atom stereocenters. The summed E-state index contributed by atoms with van der Waals surface area (Å²) in [5, 5.41) is 3.57. The van der Waals surface area contributed by atoms with Gasteiger partial charge < -0.3 is 19.5 Å². The lowest BCUT2D eigenvalue weighted by Gasteiger charge is -2.10. The molecule has 6 heteroatoms. The van der Waals surface area contributed by atoms with Crippen LogP contribution in [0.25, 0.3) is 0 Å². The molecule has 0 aliphatic heterocycles. The van der Waals surface area contributed by atoms with Crippen LogP contribution in [-0.4, -0.2) is 33.3 Å². The second-order valence-electron chi connectivity index (χ2n) is 5.34. The third-order valence-electron chi connectivity index (χ3n) is 3.58. The fraction of sp³-hybridized carbons (Fsp3) is 0.316. The molecule has 0 fully saturated rings. The van der Waals surface area contributed by atoms with E-state index in [9.17, 15) is 4.79 Å². The number of ether oxygens (including phenoxy) is 3. The van der Waals surface area contributed by atoms with Crippen LogP contribution in [0.2, 0.25) is 5.02 Å². The Labute approximate surface area is 152 Å². The number of nitrogens with one attached hydrogen (secondary N) is 1. The van der Waals surface area contributed by atoms with E-state index < -0.39 is 0 Å². The van der Waals surface area contributed by atoms with Crippen LogP contribution < -0.4 is 19.5 Å². The van der Waals surface area contributed by atoms with Gasteiger partial charge in [-0.2, -0.15) is 0 Å². The molecule has 0 heterocycles. The smallest absolute Gasteiger partial charge is 0.251 e. The molecule has 2 aromatic rings. The minimum Gasteiger partial charge on any atom is -0.494 e. The van der Waals surface area contributed by atoms with Gasteiger partial charge in [0.15, 0.2) is 11.5 Å². The first-order chi connectivity index (χ1) is 12.1. The standard InChI is InChI=1S/C19H22ClNO4/c1-23-17-10-5-14(13-18(17)24-2)19(22)21-11-3-4-12-25-16-8-6-15(20)7-9-16/h5-10,13H,3-4,11-12H2,1-2H3,(H,21,22). The van der Waals surface area contributed by atoms with Gasteiger partial charge in [0, 0.05) is 17.1 Å². The predicted octanol–water partition coefficient (Wildman–Crippen LogP) is 3.95. The molecular weight excluding hydrogens is 342 g/mol. The number of methoxy groups -OCH3 is 2. The van der Waals surface area contributed by atoms with Crippen LogP contribution in [0.1, 0.15) is 23.2 Å². The van der Waals surface area contributed by atoms with Crippen molar-refractivity contribution in [3.05, 3.63) is 53.1 Å². The van der Waals surface area contributed by atoms with E-state index in [0.29, 0.717) is 35.2 Å². The summed E-state index contributed by atoms with van der Waals surface area (Å²) in [5.41, 5.74) is 0.537. The average molecular weight is 364 g/mol. The maximum absolute atomic E-state index is 12.1. The molecule has 0 aliphatic carbocycles. The molecule has 0 radical (unpaired) electrons. The molecule has 0 saturated heterocycles. The van der Waals surface area contributed by atoms with Crippen molar-refractivity contribution in [2.75, 3.05) is 27.4 Å². The highest BCUT2D eigenvalue weighted by Crippen LogP contribution is 2.27. The Balaban J connectivity index is 1.69. The van der Waals surface area contributed by atoms with E-state index in [4.69, 9.17) is 25.8 Å². The lowest BCUT2D eigenvalue weighted by atomic mass is 10.2. The van der Waals surface area contributed by atoms with Crippen LogP contribution in [-0.2, 0) is 0 Å². The highest BCUT2D eigenvalue weighted by Gasteiger charge is 2.10. The van der Waals surface area contributed by atoms with Crippen molar-refractivity contribution < 1.29 is 19.0 Å². The quantitative estimate of drug-likeness (QED) is 0.685. The lowest BCUT2D eigenvalue weighted by molar-refractivity contribution is 0.0952. The molecule has 2 aromatic carbocycles. The molecular formula is C19H22ClNO4. The largest absolute Gasteiger partial charge is 0.494 e. The van der Waals surface area contributed by atoms with Gasteiger partial charge in [0.25, 0.3) is 5.91 Å². The zero-order chi connectivity index (χ0) is 18.1. The van der Waals surface area contributed by atoms with Crippen LogP contribution >= 0.6 is 11.6 Å². The number of carbonyl (C=O) groups is 1. The molecule has 0 spiro atoms. The monoisotopic (exact) mass is 363 g/mol. The second-order valence-corrected chi connectivity index (χ2v) is 5.77. The number of unbranched alkanes of at least 4 members (excludes halogenated alkanes) is 1. The zero-order valence-electron chi connectivity index (χ0n) is 14.4. The van der Waals surface area contributed by atoms with Crippen LogP contribution in [0.5, 0.6) is 17.2 Å². The minimum atomic E-state index is -0.139. The van der Waals surface area contributed by atoms with E-state index in [1.54, 1.807) is 44.6 Å². The van der Waals surface area contributed by atoms with Crippen molar-refractivity contribution in [3.8, 4) is 17.2 Å². The molecule has 134 valence electrons. The number of halogens is 1. The summed E-state index contributed by atoms with van der Waals surface area (Å²) in [5.74, 6) is 1.78. The molecule has 0 atom stereocenters. The molecule has 25 heavy (non-hydrogen) atoms.